The van der Waals surface area contributed by atoms with Crippen molar-refractivity contribution in [2.75, 3.05) is 20.8 Å². The number of rotatable bonds is 4. The Bertz CT molecular complexity index is 345. The third-order valence-electron chi connectivity index (χ3n) is 2.61. The van der Waals surface area contributed by atoms with Crippen LogP contribution in [0.1, 0.15) is 16.7 Å². The van der Waals surface area contributed by atoms with Gasteiger partial charge in [0.05, 0.1) is 14.2 Å². The van der Waals surface area contributed by atoms with Crippen molar-refractivity contribution in [1.29, 1.82) is 0 Å². The van der Waals surface area contributed by atoms with Gasteiger partial charge < -0.3 is 14.6 Å². The lowest BCUT2D eigenvalue weighted by molar-refractivity contribution is 0.294. The van der Waals surface area contributed by atoms with Crippen molar-refractivity contribution in [1.82, 2.24) is 0 Å². The number of ether oxygens (including phenoxy) is 2. The van der Waals surface area contributed by atoms with Crippen molar-refractivity contribution in [3.63, 3.8) is 0 Å². The van der Waals surface area contributed by atoms with E-state index in [0.717, 1.165) is 28.2 Å². The SMILES string of the molecule is COc1c(CCO)cc(C)c(C)c1OC. The highest BCUT2D eigenvalue weighted by Gasteiger charge is 2.14. The molecule has 0 radical (unpaired) electrons. The Morgan fingerprint density at radius 2 is 1.73 bits per heavy atom. The minimum Gasteiger partial charge on any atom is -0.493 e. The molecule has 0 atom stereocenters. The van der Waals surface area contributed by atoms with Gasteiger partial charge in [-0.1, -0.05) is 6.07 Å². The molecule has 1 aromatic rings. The van der Waals surface area contributed by atoms with Crippen LogP contribution >= 0.6 is 0 Å². The molecule has 1 rings (SSSR count). The van der Waals surface area contributed by atoms with E-state index in [9.17, 15) is 0 Å². The molecule has 0 aliphatic rings. The highest BCUT2D eigenvalue weighted by molar-refractivity contribution is 5.54. The predicted molar refractivity (Wildman–Crippen MR) is 59.8 cm³/mol. The molecule has 0 amide bonds. The van der Waals surface area contributed by atoms with Crippen LogP contribution in [-0.4, -0.2) is 25.9 Å². The third-order valence-corrected chi connectivity index (χ3v) is 2.61. The van der Waals surface area contributed by atoms with Crippen molar-refractivity contribution < 1.29 is 14.6 Å². The normalized spacial score (nSPS) is 10.2. The molecule has 1 N–H and O–H groups in total. The van der Waals surface area contributed by atoms with Crippen molar-refractivity contribution >= 4 is 0 Å². The number of hydrogen-bond donors (Lipinski definition) is 1. The quantitative estimate of drug-likeness (QED) is 0.824. The van der Waals surface area contributed by atoms with Crippen molar-refractivity contribution in [2.24, 2.45) is 0 Å². The second-order valence-corrected chi connectivity index (χ2v) is 3.52. The first kappa shape index (κ1) is 11.9. The van der Waals surface area contributed by atoms with Gasteiger partial charge in [0.1, 0.15) is 0 Å². The predicted octanol–water partition coefficient (Wildman–Crippen LogP) is 1.86. The molecule has 0 aromatic heterocycles. The average molecular weight is 210 g/mol. The fraction of sp³-hybridized carbons (Fsp3) is 0.500. The molecule has 84 valence electrons. The molecule has 0 heterocycles. The zero-order valence-electron chi connectivity index (χ0n) is 9.76. The fourth-order valence-electron chi connectivity index (χ4n) is 1.71. The summed E-state index contributed by atoms with van der Waals surface area (Å²) < 4.78 is 10.6. The van der Waals surface area contributed by atoms with Gasteiger partial charge in [0.15, 0.2) is 11.5 Å². The standard InChI is InChI=1S/C12H18O3/c1-8-7-10(5-6-13)12(15-4)11(14-3)9(8)2/h7,13H,5-6H2,1-4H3. The minimum absolute atomic E-state index is 0.113. The van der Waals surface area contributed by atoms with Crippen molar-refractivity contribution in [3.05, 3.63) is 22.8 Å². The first-order chi connectivity index (χ1) is 7.15. The number of methoxy groups -OCH3 is 2. The lowest BCUT2D eigenvalue weighted by atomic mass is 10.0. The molecule has 0 fully saturated rings. The molecule has 3 nitrogen and oxygen atoms in total. The lowest BCUT2D eigenvalue weighted by Crippen LogP contribution is -2.02. The third kappa shape index (κ3) is 2.23. The van der Waals surface area contributed by atoms with Crippen LogP contribution in [-0.2, 0) is 6.42 Å². The second kappa shape index (κ2) is 5.03. The summed E-state index contributed by atoms with van der Waals surface area (Å²) >= 11 is 0. The van der Waals surface area contributed by atoms with Crippen molar-refractivity contribution in [2.45, 2.75) is 20.3 Å². The van der Waals surface area contributed by atoms with E-state index in [2.05, 4.69) is 0 Å². The van der Waals surface area contributed by atoms with E-state index in [1.807, 2.05) is 19.9 Å². The van der Waals surface area contributed by atoms with E-state index in [4.69, 9.17) is 14.6 Å². The number of benzene rings is 1. The van der Waals surface area contributed by atoms with Crippen molar-refractivity contribution in [3.8, 4) is 11.5 Å². The van der Waals surface area contributed by atoms with Crippen LogP contribution in [0, 0.1) is 13.8 Å². The molecule has 0 aliphatic carbocycles. The highest BCUT2D eigenvalue weighted by atomic mass is 16.5. The monoisotopic (exact) mass is 210 g/mol. The lowest BCUT2D eigenvalue weighted by Gasteiger charge is -2.16. The molecule has 3 heteroatoms. The highest BCUT2D eigenvalue weighted by Crippen LogP contribution is 2.36. The number of aryl methyl sites for hydroxylation is 1. The molecule has 0 saturated heterocycles. The molecular weight excluding hydrogens is 192 g/mol. The molecule has 1 aromatic carbocycles. The van der Waals surface area contributed by atoms with Gasteiger partial charge in [0.25, 0.3) is 0 Å². The van der Waals surface area contributed by atoms with Crippen LogP contribution in [0.2, 0.25) is 0 Å². The van der Waals surface area contributed by atoms with Gasteiger partial charge >= 0.3 is 0 Å². The van der Waals surface area contributed by atoms with Crippen LogP contribution in [0.15, 0.2) is 6.07 Å². The zero-order chi connectivity index (χ0) is 11.4. The second-order valence-electron chi connectivity index (χ2n) is 3.52. The molecule has 0 bridgehead atoms. The fourth-order valence-corrected chi connectivity index (χ4v) is 1.71. The molecular formula is C12H18O3. The van der Waals surface area contributed by atoms with Crippen LogP contribution in [0.4, 0.5) is 0 Å². The van der Waals surface area contributed by atoms with E-state index in [-0.39, 0.29) is 6.61 Å². The topological polar surface area (TPSA) is 38.7 Å². The van der Waals surface area contributed by atoms with E-state index in [0.29, 0.717) is 6.42 Å². The number of aliphatic hydroxyl groups excluding tert-OH is 1. The van der Waals surface area contributed by atoms with Crippen LogP contribution < -0.4 is 9.47 Å². The maximum absolute atomic E-state index is 8.97. The summed E-state index contributed by atoms with van der Waals surface area (Å²) in [5, 5.41) is 8.97. The Hall–Kier alpha value is -1.22. The van der Waals surface area contributed by atoms with Gasteiger partial charge in [-0.3, -0.25) is 0 Å². The van der Waals surface area contributed by atoms with Gasteiger partial charge in [-0.15, -0.1) is 0 Å². The Morgan fingerprint density at radius 1 is 1.13 bits per heavy atom. The summed E-state index contributed by atoms with van der Waals surface area (Å²) in [6, 6.07) is 2.03. The molecule has 0 saturated carbocycles. The van der Waals surface area contributed by atoms with E-state index in [1.54, 1.807) is 14.2 Å². The Morgan fingerprint density at radius 3 is 2.20 bits per heavy atom. The van der Waals surface area contributed by atoms with Crippen LogP contribution in [0.5, 0.6) is 11.5 Å². The van der Waals surface area contributed by atoms with Gasteiger partial charge in [0, 0.05) is 12.2 Å². The zero-order valence-corrected chi connectivity index (χ0v) is 9.76. The molecule has 0 aliphatic heterocycles. The first-order valence-corrected chi connectivity index (χ1v) is 4.97. The summed E-state index contributed by atoms with van der Waals surface area (Å²) in [5.74, 6) is 1.50. The molecule has 15 heavy (non-hydrogen) atoms. The van der Waals surface area contributed by atoms with Gasteiger partial charge in [0.2, 0.25) is 0 Å². The van der Waals surface area contributed by atoms with Gasteiger partial charge in [-0.25, -0.2) is 0 Å². The van der Waals surface area contributed by atoms with Crippen LogP contribution in [0.25, 0.3) is 0 Å². The summed E-state index contributed by atoms with van der Waals surface area (Å²) in [5.41, 5.74) is 3.21. The minimum atomic E-state index is 0.113. The number of hydrogen-bond acceptors (Lipinski definition) is 3. The smallest absolute Gasteiger partial charge is 0.164 e. The summed E-state index contributed by atoms with van der Waals surface area (Å²) in [6.45, 7) is 4.14. The Kier molecular flexibility index (Phi) is 3.97. The Balaban J connectivity index is 3.33. The first-order valence-electron chi connectivity index (χ1n) is 4.97. The van der Waals surface area contributed by atoms with Crippen LogP contribution in [0.3, 0.4) is 0 Å². The summed E-state index contributed by atoms with van der Waals surface area (Å²) in [4.78, 5) is 0. The summed E-state index contributed by atoms with van der Waals surface area (Å²) in [7, 11) is 3.25. The molecule has 0 spiro atoms. The van der Waals surface area contributed by atoms with E-state index < -0.39 is 0 Å². The number of aliphatic hydroxyl groups is 1. The maximum Gasteiger partial charge on any atom is 0.164 e. The van der Waals surface area contributed by atoms with Gasteiger partial charge in [-0.05, 0) is 31.4 Å². The van der Waals surface area contributed by atoms with Gasteiger partial charge in [-0.2, -0.15) is 0 Å². The molecule has 0 unspecified atom stereocenters. The summed E-state index contributed by atoms with van der Waals surface area (Å²) in [6.07, 6.45) is 0.584. The average Bonchev–Trinajstić information content (AvgIpc) is 2.23. The Labute approximate surface area is 90.6 Å². The maximum atomic E-state index is 8.97. The van der Waals surface area contributed by atoms with E-state index in [1.165, 1.54) is 0 Å². The largest absolute Gasteiger partial charge is 0.493 e. The van der Waals surface area contributed by atoms with E-state index >= 15 is 0 Å².